The number of rotatable bonds is 4. The topological polar surface area (TPSA) is 53.9 Å². The predicted molar refractivity (Wildman–Crippen MR) is 104 cm³/mol. The first kappa shape index (κ1) is 17.2. The van der Waals surface area contributed by atoms with Gasteiger partial charge in [-0.15, -0.1) is 0 Å². The summed E-state index contributed by atoms with van der Waals surface area (Å²) in [5.74, 6) is 0.0268. The molecule has 0 aromatic heterocycles. The van der Waals surface area contributed by atoms with Crippen LogP contribution in [0.5, 0.6) is 0 Å². The second kappa shape index (κ2) is 6.85. The molecular formula is C18H19Br2N3O2. The summed E-state index contributed by atoms with van der Waals surface area (Å²) >= 11 is 7.21. The minimum atomic E-state index is -0.101. The van der Waals surface area contributed by atoms with Crippen molar-refractivity contribution >= 4 is 49.2 Å². The van der Waals surface area contributed by atoms with Crippen molar-refractivity contribution < 1.29 is 9.53 Å². The number of hydrogen-bond acceptors (Lipinski definition) is 5. The van der Waals surface area contributed by atoms with E-state index in [1.54, 1.807) is 0 Å². The largest absolute Gasteiger partial charge is 0.466 e. The van der Waals surface area contributed by atoms with Crippen LogP contribution in [0.3, 0.4) is 0 Å². The normalized spacial score (nSPS) is 30.4. The minimum absolute atomic E-state index is 0.00194. The number of fused-ring (bicyclic) bond motifs is 1. The average Bonchev–Trinajstić information content (AvgIpc) is 3.33. The summed E-state index contributed by atoms with van der Waals surface area (Å²) in [6.45, 7) is 3.09. The van der Waals surface area contributed by atoms with Gasteiger partial charge in [-0.25, -0.2) is 5.43 Å². The lowest BCUT2D eigenvalue weighted by molar-refractivity contribution is -0.144. The van der Waals surface area contributed by atoms with E-state index in [-0.39, 0.29) is 28.8 Å². The van der Waals surface area contributed by atoms with Crippen LogP contribution in [0.2, 0.25) is 0 Å². The summed E-state index contributed by atoms with van der Waals surface area (Å²) in [4.78, 5) is 17.2. The van der Waals surface area contributed by atoms with E-state index in [1.807, 2.05) is 19.1 Å². The monoisotopic (exact) mass is 467 g/mol. The van der Waals surface area contributed by atoms with Crippen molar-refractivity contribution in [1.82, 2.24) is 10.4 Å². The molecule has 2 aliphatic heterocycles. The van der Waals surface area contributed by atoms with Gasteiger partial charge in [-0.2, -0.15) is 0 Å². The molecule has 4 rings (SSSR count). The van der Waals surface area contributed by atoms with E-state index in [4.69, 9.17) is 9.73 Å². The lowest BCUT2D eigenvalue weighted by Gasteiger charge is -2.31. The highest BCUT2D eigenvalue weighted by Gasteiger charge is 2.49. The van der Waals surface area contributed by atoms with Gasteiger partial charge in [0.2, 0.25) is 0 Å². The second-order valence-electron chi connectivity index (χ2n) is 6.45. The number of carbonyl (C=O) groups is 1. The molecule has 4 unspecified atom stereocenters. The van der Waals surface area contributed by atoms with Crippen LogP contribution in [0.1, 0.15) is 18.9 Å². The maximum Gasteiger partial charge on any atom is 0.309 e. The molecule has 2 fully saturated rings. The summed E-state index contributed by atoms with van der Waals surface area (Å²) in [6.07, 6.45) is 2.94. The number of hydrazine groups is 1. The number of nitrogens with one attached hydrogen (secondary N) is 1. The molecule has 1 saturated heterocycles. The van der Waals surface area contributed by atoms with Crippen molar-refractivity contribution in [3.05, 3.63) is 40.4 Å². The van der Waals surface area contributed by atoms with Gasteiger partial charge in [0, 0.05) is 22.6 Å². The molecular weight excluding hydrogens is 450 g/mol. The summed E-state index contributed by atoms with van der Waals surface area (Å²) in [7, 11) is 0. The van der Waals surface area contributed by atoms with Crippen LogP contribution in [0.25, 0.3) is 5.70 Å². The highest BCUT2D eigenvalue weighted by atomic mass is 79.9. The van der Waals surface area contributed by atoms with Crippen molar-refractivity contribution in [2.45, 2.75) is 24.3 Å². The van der Waals surface area contributed by atoms with Crippen LogP contribution in [0.4, 0.5) is 0 Å². The Morgan fingerprint density at radius 1 is 1.40 bits per heavy atom. The standard InChI is InChI=1S/C18H19Br2N3O2/c1-2-25-18(24)13-7-12(13)15-8-16(10-3-5-11(19)6-4-10)23-17(22-15)14(20)9-21-23/h3-6,8,12-14,17,21H,2,7,9H2,1H3. The van der Waals surface area contributed by atoms with Crippen LogP contribution in [-0.4, -0.2) is 40.8 Å². The molecule has 0 bridgehead atoms. The van der Waals surface area contributed by atoms with E-state index in [1.165, 1.54) is 0 Å². The molecule has 1 N–H and O–H groups in total. The third-order valence-electron chi connectivity index (χ3n) is 4.77. The summed E-state index contributed by atoms with van der Waals surface area (Å²) in [6, 6.07) is 8.26. The van der Waals surface area contributed by atoms with Gasteiger partial charge in [0.25, 0.3) is 0 Å². The Kier molecular flexibility index (Phi) is 4.73. The first-order chi connectivity index (χ1) is 12.1. The van der Waals surface area contributed by atoms with E-state index in [9.17, 15) is 4.79 Å². The SMILES string of the molecule is CCOC(=O)C1CC1C1=NC2C(Br)CNN2C(c2ccc(Br)cc2)=C1. The van der Waals surface area contributed by atoms with Gasteiger partial charge in [-0.05, 0) is 37.1 Å². The Morgan fingerprint density at radius 2 is 2.16 bits per heavy atom. The lowest BCUT2D eigenvalue weighted by atomic mass is 10.0. The number of esters is 1. The molecule has 3 aliphatic rings. The molecule has 132 valence electrons. The zero-order valence-electron chi connectivity index (χ0n) is 13.8. The van der Waals surface area contributed by atoms with Crippen LogP contribution < -0.4 is 5.43 Å². The average molecular weight is 469 g/mol. The van der Waals surface area contributed by atoms with Gasteiger partial charge < -0.3 is 4.74 Å². The van der Waals surface area contributed by atoms with Crippen molar-refractivity contribution in [1.29, 1.82) is 0 Å². The number of alkyl halides is 1. The number of carbonyl (C=O) groups excluding carboxylic acids is 1. The van der Waals surface area contributed by atoms with Gasteiger partial charge >= 0.3 is 5.97 Å². The quantitative estimate of drug-likeness (QED) is 0.543. The molecule has 5 nitrogen and oxygen atoms in total. The molecule has 1 aromatic rings. The summed E-state index contributed by atoms with van der Waals surface area (Å²) in [5.41, 5.74) is 6.64. The Bertz CT molecular complexity index is 747. The predicted octanol–water partition coefficient (Wildman–Crippen LogP) is 3.35. The molecule has 0 radical (unpaired) electrons. The van der Waals surface area contributed by atoms with Gasteiger partial charge in [0.05, 0.1) is 23.0 Å². The van der Waals surface area contributed by atoms with Crippen molar-refractivity contribution in [3.8, 4) is 0 Å². The zero-order chi connectivity index (χ0) is 17.6. The summed E-state index contributed by atoms with van der Waals surface area (Å²) < 4.78 is 6.22. The van der Waals surface area contributed by atoms with E-state index in [0.717, 1.165) is 34.4 Å². The molecule has 1 saturated carbocycles. The summed E-state index contributed by atoms with van der Waals surface area (Å²) in [5, 5.41) is 2.12. The number of aliphatic imine (C=N–C) groups is 1. The van der Waals surface area contributed by atoms with Crippen LogP contribution in [0, 0.1) is 11.8 Å². The fourth-order valence-electron chi connectivity index (χ4n) is 3.39. The Labute approximate surface area is 163 Å². The second-order valence-corrected chi connectivity index (χ2v) is 8.54. The molecule has 0 amide bonds. The Morgan fingerprint density at radius 3 is 2.88 bits per heavy atom. The van der Waals surface area contributed by atoms with E-state index in [0.29, 0.717) is 6.61 Å². The van der Waals surface area contributed by atoms with Crippen LogP contribution >= 0.6 is 31.9 Å². The number of halogens is 2. The lowest BCUT2D eigenvalue weighted by Crippen LogP contribution is -2.39. The zero-order valence-corrected chi connectivity index (χ0v) is 17.0. The fourth-order valence-corrected chi connectivity index (χ4v) is 4.15. The van der Waals surface area contributed by atoms with Crippen molar-refractivity contribution in [2.24, 2.45) is 16.8 Å². The van der Waals surface area contributed by atoms with Gasteiger partial charge in [-0.1, -0.05) is 44.0 Å². The molecule has 1 aromatic carbocycles. The molecule has 25 heavy (non-hydrogen) atoms. The third kappa shape index (κ3) is 3.29. The first-order valence-electron chi connectivity index (χ1n) is 8.47. The van der Waals surface area contributed by atoms with E-state index in [2.05, 4.69) is 60.5 Å². The molecule has 2 heterocycles. The number of hydrogen-bond donors (Lipinski definition) is 1. The smallest absolute Gasteiger partial charge is 0.309 e. The van der Waals surface area contributed by atoms with Crippen LogP contribution in [-0.2, 0) is 9.53 Å². The fraction of sp³-hybridized carbons (Fsp3) is 0.444. The van der Waals surface area contributed by atoms with Gasteiger partial charge in [0.1, 0.15) is 6.17 Å². The Balaban J connectivity index is 1.64. The number of allylic oxidation sites excluding steroid dienone is 1. The highest BCUT2D eigenvalue weighted by molar-refractivity contribution is 9.10. The Hall–Kier alpha value is -1.18. The number of benzene rings is 1. The van der Waals surface area contributed by atoms with Gasteiger partial charge in [0.15, 0.2) is 0 Å². The maximum absolute atomic E-state index is 12.0. The number of nitrogens with zero attached hydrogens (tertiary/aromatic N) is 2. The van der Waals surface area contributed by atoms with Crippen molar-refractivity contribution in [3.63, 3.8) is 0 Å². The minimum Gasteiger partial charge on any atom is -0.466 e. The van der Waals surface area contributed by atoms with Crippen molar-refractivity contribution in [2.75, 3.05) is 13.2 Å². The van der Waals surface area contributed by atoms with E-state index < -0.39 is 0 Å². The van der Waals surface area contributed by atoms with Gasteiger partial charge in [-0.3, -0.25) is 14.8 Å². The van der Waals surface area contributed by atoms with E-state index >= 15 is 0 Å². The molecule has 7 heteroatoms. The molecule has 1 aliphatic carbocycles. The third-order valence-corrected chi connectivity index (χ3v) is 6.10. The maximum atomic E-state index is 12.0. The first-order valence-corrected chi connectivity index (χ1v) is 10.2. The molecule has 4 atom stereocenters. The van der Waals surface area contributed by atoms with Crippen LogP contribution in [0.15, 0.2) is 39.8 Å². The number of ether oxygens (including phenoxy) is 1. The molecule has 0 spiro atoms. The highest BCUT2D eigenvalue weighted by Crippen LogP contribution is 2.44.